The van der Waals surface area contributed by atoms with Gasteiger partial charge < -0.3 is 20.1 Å². The van der Waals surface area contributed by atoms with E-state index in [1.165, 1.54) is 6.20 Å². The number of ether oxygens (including phenoxy) is 1. The number of halogens is 1. The SMILES string of the molecule is CC(C)(O)COc1cc(-c2ccc(N3CC[C@H](NC(=O)c4ncccc4Cl)C3)nc2)c2c(C#N)cnn2c1. The summed E-state index contributed by atoms with van der Waals surface area (Å²) in [4.78, 5) is 23.4. The molecule has 2 N–H and O–H groups in total. The predicted octanol–water partition coefficient (Wildman–Crippen LogP) is 3.47. The Kier molecular flexibility index (Phi) is 6.89. The number of pyridine rings is 3. The first-order chi connectivity index (χ1) is 18.2. The van der Waals surface area contributed by atoms with Crippen molar-refractivity contribution in [3.8, 4) is 22.9 Å². The number of fused-ring (bicyclic) bond motifs is 1. The van der Waals surface area contributed by atoms with Crippen LogP contribution < -0.4 is 15.0 Å². The molecule has 1 amide bonds. The van der Waals surface area contributed by atoms with Crippen LogP contribution in [0.1, 0.15) is 36.3 Å². The first-order valence-electron chi connectivity index (χ1n) is 12.1. The van der Waals surface area contributed by atoms with Crippen molar-refractivity contribution in [1.82, 2.24) is 24.9 Å². The van der Waals surface area contributed by atoms with Crippen LogP contribution >= 0.6 is 11.6 Å². The van der Waals surface area contributed by atoms with E-state index in [4.69, 9.17) is 16.3 Å². The molecule has 0 spiro atoms. The maximum atomic E-state index is 12.6. The lowest BCUT2D eigenvalue weighted by molar-refractivity contribution is 0.0283. The van der Waals surface area contributed by atoms with Gasteiger partial charge in [0.25, 0.3) is 5.91 Å². The second-order valence-corrected chi connectivity index (χ2v) is 10.2. The Morgan fingerprint density at radius 2 is 2.16 bits per heavy atom. The summed E-state index contributed by atoms with van der Waals surface area (Å²) in [6.07, 6.45) is 7.25. The molecule has 1 saturated heterocycles. The minimum atomic E-state index is -1.00. The van der Waals surface area contributed by atoms with Gasteiger partial charge in [-0.15, -0.1) is 0 Å². The van der Waals surface area contributed by atoms with Crippen LogP contribution in [0.25, 0.3) is 16.6 Å². The number of aliphatic hydroxyl groups is 1. The first-order valence-corrected chi connectivity index (χ1v) is 12.5. The summed E-state index contributed by atoms with van der Waals surface area (Å²) in [5.74, 6) is 0.994. The molecular formula is C27H26ClN7O3. The molecule has 0 bridgehead atoms. The molecule has 10 nitrogen and oxygen atoms in total. The van der Waals surface area contributed by atoms with Crippen molar-refractivity contribution in [2.75, 3.05) is 24.6 Å². The van der Waals surface area contributed by atoms with Gasteiger partial charge in [-0.1, -0.05) is 11.6 Å². The summed E-state index contributed by atoms with van der Waals surface area (Å²) in [6.45, 7) is 4.77. The van der Waals surface area contributed by atoms with E-state index in [9.17, 15) is 15.2 Å². The molecule has 1 atom stereocenters. The third kappa shape index (κ3) is 5.39. The number of nitrogens with one attached hydrogen (secondary N) is 1. The largest absolute Gasteiger partial charge is 0.489 e. The van der Waals surface area contributed by atoms with E-state index in [1.807, 2.05) is 18.2 Å². The monoisotopic (exact) mass is 531 g/mol. The number of hydrogen-bond acceptors (Lipinski definition) is 8. The summed E-state index contributed by atoms with van der Waals surface area (Å²) >= 11 is 6.10. The Morgan fingerprint density at radius 3 is 2.87 bits per heavy atom. The molecule has 0 radical (unpaired) electrons. The number of carbonyl (C=O) groups is 1. The molecule has 0 saturated carbocycles. The fourth-order valence-corrected chi connectivity index (χ4v) is 4.57. The summed E-state index contributed by atoms with van der Waals surface area (Å²) in [5, 5.41) is 27.3. The number of nitriles is 1. The van der Waals surface area contributed by atoms with Gasteiger partial charge in [-0.05, 0) is 50.6 Å². The highest BCUT2D eigenvalue weighted by atomic mass is 35.5. The molecule has 0 aromatic carbocycles. The molecule has 5 heterocycles. The van der Waals surface area contributed by atoms with Crippen LogP contribution in [0, 0.1) is 11.3 Å². The van der Waals surface area contributed by atoms with Crippen LogP contribution in [0.2, 0.25) is 5.02 Å². The molecular weight excluding hydrogens is 506 g/mol. The molecule has 194 valence electrons. The van der Waals surface area contributed by atoms with Gasteiger partial charge >= 0.3 is 0 Å². The molecule has 38 heavy (non-hydrogen) atoms. The highest BCUT2D eigenvalue weighted by molar-refractivity contribution is 6.33. The van der Waals surface area contributed by atoms with Crippen LogP contribution in [0.3, 0.4) is 0 Å². The number of carbonyl (C=O) groups excluding carboxylic acids is 1. The minimum absolute atomic E-state index is 0.0590. The van der Waals surface area contributed by atoms with Crippen LogP contribution in [0.4, 0.5) is 5.82 Å². The molecule has 1 aliphatic rings. The van der Waals surface area contributed by atoms with Gasteiger partial charge in [-0.25, -0.2) is 14.5 Å². The maximum absolute atomic E-state index is 12.6. The van der Waals surface area contributed by atoms with Gasteiger partial charge in [0.2, 0.25) is 0 Å². The molecule has 11 heteroatoms. The summed E-state index contributed by atoms with van der Waals surface area (Å²) in [6, 6.07) is 11.1. The summed E-state index contributed by atoms with van der Waals surface area (Å²) in [7, 11) is 0. The van der Waals surface area contributed by atoms with E-state index in [0.29, 0.717) is 28.4 Å². The predicted molar refractivity (Wildman–Crippen MR) is 142 cm³/mol. The van der Waals surface area contributed by atoms with Gasteiger partial charge in [0, 0.05) is 42.7 Å². The Bertz CT molecular complexity index is 1520. The lowest BCUT2D eigenvalue weighted by Crippen LogP contribution is -2.37. The second-order valence-electron chi connectivity index (χ2n) is 9.80. The molecule has 5 rings (SSSR count). The van der Waals surface area contributed by atoms with Crippen molar-refractivity contribution in [2.45, 2.75) is 31.9 Å². The van der Waals surface area contributed by atoms with Gasteiger partial charge in [-0.2, -0.15) is 10.4 Å². The number of rotatable bonds is 7. The summed E-state index contributed by atoms with van der Waals surface area (Å²) in [5.41, 5.74) is 1.83. The Hall–Kier alpha value is -4.20. The Balaban J connectivity index is 1.34. The van der Waals surface area contributed by atoms with Gasteiger partial charge in [0.15, 0.2) is 0 Å². The van der Waals surface area contributed by atoms with Crippen molar-refractivity contribution >= 4 is 28.8 Å². The standard InChI is InChI=1S/C27H26ClN7O3/c1-27(2,37)16-38-20-10-21(25-18(11-29)13-32-35(25)15-20)17-5-6-23(31-12-17)34-9-7-19(14-34)33-26(36)24-22(28)4-3-8-30-24/h3-6,8,10,12-13,15,19,37H,7,9,14,16H2,1-2H3,(H,33,36)/t19-/m0/s1. The van der Waals surface area contributed by atoms with Crippen molar-refractivity contribution in [2.24, 2.45) is 0 Å². The third-order valence-corrected chi connectivity index (χ3v) is 6.48. The number of nitrogens with zero attached hydrogens (tertiary/aromatic N) is 6. The Morgan fingerprint density at radius 1 is 1.32 bits per heavy atom. The number of amides is 1. The smallest absolute Gasteiger partial charge is 0.271 e. The van der Waals surface area contributed by atoms with Crippen molar-refractivity contribution in [3.63, 3.8) is 0 Å². The average molecular weight is 532 g/mol. The van der Waals surface area contributed by atoms with Gasteiger partial charge in [0.05, 0.1) is 34.1 Å². The third-order valence-electron chi connectivity index (χ3n) is 6.18. The lowest BCUT2D eigenvalue weighted by Gasteiger charge is -2.19. The van der Waals surface area contributed by atoms with E-state index in [2.05, 4.69) is 31.4 Å². The summed E-state index contributed by atoms with van der Waals surface area (Å²) < 4.78 is 7.40. The minimum Gasteiger partial charge on any atom is -0.489 e. The van der Waals surface area contributed by atoms with Gasteiger partial charge in [-0.3, -0.25) is 4.79 Å². The molecule has 1 aliphatic heterocycles. The van der Waals surface area contributed by atoms with Crippen LogP contribution in [-0.2, 0) is 0 Å². The van der Waals surface area contributed by atoms with Gasteiger partial charge in [0.1, 0.15) is 29.9 Å². The zero-order valence-electron chi connectivity index (χ0n) is 20.9. The number of aromatic nitrogens is 4. The zero-order chi connectivity index (χ0) is 26.9. The fraction of sp³-hybridized carbons (Fsp3) is 0.296. The van der Waals surface area contributed by atoms with Crippen LogP contribution in [0.5, 0.6) is 5.75 Å². The second kappa shape index (κ2) is 10.3. The lowest BCUT2D eigenvalue weighted by atomic mass is 10.1. The van der Waals surface area contributed by atoms with Crippen molar-refractivity contribution in [1.29, 1.82) is 5.26 Å². The van der Waals surface area contributed by atoms with E-state index in [0.717, 1.165) is 29.9 Å². The van der Waals surface area contributed by atoms with Crippen LogP contribution in [0.15, 0.2) is 55.1 Å². The zero-order valence-corrected chi connectivity index (χ0v) is 21.7. The first kappa shape index (κ1) is 25.4. The van der Waals surface area contributed by atoms with E-state index in [1.54, 1.807) is 49.1 Å². The topological polar surface area (TPSA) is 129 Å². The Labute approximate surface area is 224 Å². The average Bonchev–Trinajstić information content (AvgIpc) is 3.54. The highest BCUT2D eigenvalue weighted by Crippen LogP contribution is 2.32. The van der Waals surface area contributed by atoms with E-state index >= 15 is 0 Å². The highest BCUT2D eigenvalue weighted by Gasteiger charge is 2.26. The maximum Gasteiger partial charge on any atom is 0.271 e. The molecule has 1 fully saturated rings. The normalized spacial score (nSPS) is 15.4. The molecule has 0 aliphatic carbocycles. The fourth-order valence-electron chi connectivity index (χ4n) is 4.36. The number of hydrogen-bond donors (Lipinski definition) is 2. The van der Waals surface area contributed by atoms with Crippen molar-refractivity contribution < 1.29 is 14.6 Å². The van der Waals surface area contributed by atoms with Crippen LogP contribution in [-0.4, -0.2) is 61.9 Å². The van der Waals surface area contributed by atoms with E-state index < -0.39 is 5.60 Å². The van der Waals surface area contributed by atoms with E-state index in [-0.39, 0.29) is 24.2 Å². The quantitative estimate of drug-likeness (QED) is 0.371. The molecule has 4 aromatic heterocycles. The number of anilines is 1. The molecule has 0 unspecified atom stereocenters. The van der Waals surface area contributed by atoms with Crippen molar-refractivity contribution in [3.05, 3.63) is 71.4 Å². The molecule has 4 aromatic rings.